The zero-order chi connectivity index (χ0) is 21.1. The molecule has 0 bridgehead atoms. The van der Waals surface area contributed by atoms with Crippen molar-refractivity contribution in [2.75, 3.05) is 5.73 Å². The predicted octanol–water partition coefficient (Wildman–Crippen LogP) is 3.57. The summed E-state index contributed by atoms with van der Waals surface area (Å²) >= 11 is 0. The summed E-state index contributed by atoms with van der Waals surface area (Å²) in [6.07, 6.45) is 8.59. The molecule has 0 saturated heterocycles. The summed E-state index contributed by atoms with van der Waals surface area (Å²) in [7, 11) is 0. The number of carbonyl (C=O) groups is 1. The average Bonchev–Trinajstić information content (AvgIpc) is 3.29. The van der Waals surface area contributed by atoms with E-state index in [0.717, 1.165) is 34.4 Å². The highest BCUT2D eigenvalue weighted by Gasteiger charge is 2.24. The lowest BCUT2D eigenvalue weighted by atomic mass is 10.0. The van der Waals surface area contributed by atoms with Crippen LogP contribution in [0.25, 0.3) is 17.3 Å². The summed E-state index contributed by atoms with van der Waals surface area (Å²) < 4.78 is 1.76. The van der Waals surface area contributed by atoms with Gasteiger partial charge >= 0.3 is 0 Å². The third kappa shape index (κ3) is 3.80. The van der Waals surface area contributed by atoms with E-state index >= 15 is 0 Å². The van der Waals surface area contributed by atoms with E-state index in [2.05, 4.69) is 16.8 Å². The number of aryl methyl sites for hydroxylation is 1. The van der Waals surface area contributed by atoms with Crippen LogP contribution in [0.3, 0.4) is 0 Å². The molecule has 7 nitrogen and oxygen atoms in total. The van der Waals surface area contributed by atoms with Crippen LogP contribution in [0.1, 0.15) is 46.1 Å². The van der Waals surface area contributed by atoms with E-state index in [4.69, 9.17) is 11.5 Å². The number of hydrogen-bond donors (Lipinski definition) is 4. The van der Waals surface area contributed by atoms with Crippen LogP contribution in [-0.4, -0.2) is 25.8 Å². The Bertz CT molecular complexity index is 1090. The number of allylic oxidation sites excluding steroid dienone is 2. The van der Waals surface area contributed by atoms with Gasteiger partial charge in [-0.15, -0.1) is 0 Å². The van der Waals surface area contributed by atoms with Gasteiger partial charge in [0.2, 0.25) is 0 Å². The first-order valence-electron chi connectivity index (χ1n) is 9.34. The Kier molecular flexibility index (Phi) is 5.59. The number of hydrogen-bond acceptors (Lipinski definition) is 4. The van der Waals surface area contributed by atoms with Crippen LogP contribution in [0.4, 0.5) is 5.82 Å². The fourth-order valence-corrected chi connectivity index (χ4v) is 3.41. The highest BCUT2D eigenvalue weighted by Crippen LogP contribution is 2.34. The number of nitrogens with zero attached hydrogens (tertiary/aromatic N) is 2. The molecule has 2 heterocycles. The van der Waals surface area contributed by atoms with E-state index in [1.54, 1.807) is 35.2 Å². The van der Waals surface area contributed by atoms with Crippen molar-refractivity contribution in [2.45, 2.75) is 26.7 Å². The summed E-state index contributed by atoms with van der Waals surface area (Å²) in [5, 5.41) is 16.7. The Labute approximate surface area is 169 Å². The Morgan fingerprint density at radius 3 is 2.79 bits per heavy atom. The Morgan fingerprint density at radius 2 is 2.17 bits per heavy atom. The monoisotopic (exact) mass is 391 g/mol. The highest BCUT2D eigenvalue weighted by molar-refractivity contribution is 6.01. The molecule has 0 unspecified atom stereocenters. The number of primary amides is 1. The normalized spacial score (nSPS) is 11.2. The molecule has 3 rings (SSSR count). The van der Waals surface area contributed by atoms with Gasteiger partial charge in [0.25, 0.3) is 5.91 Å². The van der Waals surface area contributed by atoms with Crippen LogP contribution in [-0.2, 0) is 6.42 Å². The Balaban J connectivity index is 2.26. The van der Waals surface area contributed by atoms with Crippen molar-refractivity contribution in [3.8, 4) is 11.4 Å². The fourth-order valence-electron chi connectivity index (χ4n) is 3.41. The standard InChI is InChI=1S/C22H25N5O2/c1-4-5-17-18(9-7-13(2)15-11-25-26-12-15)27(21(23)20(17)22(24)29)19-10-16(28)8-6-14(19)3/h6-12,28H,2,4-5,23H2,1,3H3,(H2,24,29)(H,25,26)/b9-7-. The van der Waals surface area contributed by atoms with Gasteiger partial charge in [-0.05, 0) is 42.2 Å². The Hall–Kier alpha value is -3.74. The number of aromatic amines is 1. The lowest BCUT2D eigenvalue weighted by Gasteiger charge is -2.13. The van der Waals surface area contributed by atoms with Crippen LogP contribution >= 0.6 is 0 Å². The van der Waals surface area contributed by atoms with Gasteiger partial charge in [0, 0.05) is 17.8 Å². The number of nitrogens with two attached hydrogens (primary N) is 2. The SMILES string of the molecule is C=C(/C=C\c1c(CCC)c(C(N)=O)c(N)n1-c1cc(O)ccc1C)c1cn[nH]c1. The van der Waals surface area contributed by atoms with Crippen LogP contribution < -0.4 is 11.5 Å². The molecule has 0 saturated carbocycles. The van der Waals surface area contributed by atoms with Crippen molar-refractivity contribution >= 4 is 23.4 Å². The van der Waals surface area contributed by atoms with Gasteiger partial charge in [0.1, 0.15) is 11.6 Å². The molecule has 1 aromatic carbocycles. The molecule has 29 heavy (non-hydrogen) atoms. The first-order valence-corrected chi connectivity index (χ1v) is 9.34. The minimum absolute atomic E-state index is 0.106. The number of anilines is 1. The second kappa shape index (κ2) is 8.10. The number of nitrogen functional groups attached to an aromatic ring is 1. The van der Waals surface area contributed by atoms with Crippen molar-refractivity contribution in [3.05, 3.63) is 71.2 Å². The molecule has 0 spiro atoms. The molecule has 0 aliphatic heterocycles. The molecule has 150 valence electrons. The number of aromatic hydroxyl groups is 1. The Morgan fingerprint density at radius 1 is 1.41 bits per heavy atom. The van der Waals surface area contributed by atoms with Gasteiger partial charge in [-0.2, -0.15) is 5.10 Å². The maximum atomic E-state index is 12.2. The van der Waals surface area contributed by atoms with Crippen molar-refractivity contribution in [2.24, 2.45) is 5.73 Å². The van der Waals surface area contributed by atoms with E-state index < -0.39 is 5.91 Å². The van der Waals surface area contributed by atoms with Gasteiger partial charge in [-0.3, -0.25) is 14.5 Å². The maximum absolute atomic E-state index is 12.2. The molecular formula is C22H25N5O2. The summed E-state index contributed by atoms with van der Waals surface area (Å²) in [4.78, 5) is 12.2. The second-order valence-corrected chi connectivity index (χ2v) is 6.89. The third-order valence-corrected chi connectivity index (χ3v) is 4.84. The molecule has 0 atom stereocenters. The zero-order valence-corrected chi connectivity index (χ0v) is 16.6. The molecule has 7 heteroatoms. The smallest absolute Gasteiger partial charge is 0.252 e. The van der Waals surface area contributed by atoms with E-state index in [9.17, 15) is 9.90 Å². The third-order valence-electron chi connectivity index (χ3n) is 4.84. The first-order chi connectivity index (χ1) is 13.8. The molecular weight excluding hydrogens is 366 g/mol. The topological polar surface area (TPSA) is 123 Å². The van der Waals surface area contributed by atoms with Crippen molar-refractivity contribution < 1.29 is 9.90 Å². The van der Waals surface area contributed by atoms with Crippen LogP contribution in [0.5, 0.6) is 5.75 Å². The van der Waals surface area contributed by atoms with E-state index in [0.29, 0.717) is 17.7 Å². The van der Waals surface area contributed by atoms with Crippen molar-refractivity contribution in [1.82, 2.24) is 14.8 Å². The number of phenolic OH excluding ortho intramolecular Hbond substituents is 1. The molecule has 2 aromatic heterocycles. The second-order valence-electron chi connectivity index (χ2n) is 6.89. The molecule has 0 radical (unpaired) electrons. The minimum atomic E-state index is -0.578. The van der Waals surface area contributed by atoms with Gasteiger partial charge < -0.3 is 16.6 Å². The van der Waals surface area contributed by atoms with Crippen LogP contribution in [0.2, 0.25) is 0 Å². The number of carbonyl (C=O) groups excluding carboxylic acids is 1. The van der Waals surface area contributed by atoms with E-state index in [1.165, 1.54) is 0 Å². The number of benzene rings is 1. The highest BCUT2D eigenvalue weighted by atomic mass is 16.3. The number of aromatic nitrogens is 3. The fraction of sp³-hybridized carbons (Fsp3) is 0.182. The summed E-state index contributed by atoms with van der Waals surface area (Å²) in [5.41, 5.74) is 17.1. The molecule has 0 aliphatic rings. The lowest BCUT2D eigenvalue weighted by molar-refractivity contribution is 0.100. The van der Waals surface area contributed by atoms with Gasteiger partial charge in [0.05, 0.1) is 23.1 Å². The lowest BCUT2D eigenvalue weighted by Crippen LogP contribution is -2.15. The largest absolute Gasteiger partial charge is 0.508 e. The van der Waals surface area contributed by atoms with Crippen molar-refractivity contribution in [3.63, 3.8) is 0 Å². The molecule has 0 fully saturated rings. The predicted molar refractivity (Wildman–Crippen MR) is 116 cm³/mol. The minimum Gasteiger partial charge on any atom is -0.508 e. The molecule has 0 aliphatic carbocycles. The van der Waals surface area contributed by atoms with Crippen LogP contribution in [0, 0.1) is 6.92 Å². The summed E-state index contributed by atoms with van der Waals surface area (Å²) in [6.45, 7) is 8.00. The first kappa shape index (κ1) is 20.0. The number of H-pyrrole nitrogens is 1. The van der Waals surface area contributed by atoms with E-state index in [-0.39, 0.29) is 11.6 Å². The number of amides is 1. The average molecular weight is 391 g/mol. The maximum Gasteiger partial charge on any atom is 0.252 e. The zero-order valence-electron chi connectivity index (χ0n) is 16.6. The van der Waals surface area contributed by atoms with Gasteiger partial charge in [0.15, 0.2) is 0 Å². The van der Waals surface area contributed by atoms with Gasteiger partial charge in [-0.1, -0.05) is 32.1 Å². The summed E-state index contributed by atoms with van der Waals surface area (Å²) in [6, 6.07) is 5.02. The van der Waals surface area contributed by atoms with E-state index in [1.807, 2.05) is 26.0 Å². The molecule has 3 aromatic rings. The van der Waals surface area contributed by atoms with Crippen LogP contribution in [0.15, 0.2) is 43.2 Å². The quantitative estimate of drug-likeness (QED) is 0.460. The van der Waals surface area contributed by atoms with Gasteiger partial charge in [-0.25, -0.2) is 0 Å². The van der Waals surface area contributed by atoms with Crippen molar-refractivity contribution in [1.29, 1.82) is 0 Å². The molecule has 1 amide bonds. The number of phenols is 1. The number of rotatable bonds is 7. The number of nitrogens with one attached hydrogen (secondary N) is 1. The summed E-state index contributed by atoms with van der Waals surface area (Å²) in [5.74, 6) is -0.219. The molecule has 6 N–H and O–H groups in total.